The van der Waals surface area contributed by atoms with E-state index in [1.54, 1.807) is 12.1 Å². The molecule has 124 valence electrons. The number of aliphatic hydroxyl groups is 1. The molecule has 0 unspecified atom stereocenters. The summed E-state index contributed by atoms with van der Waals surface area (Å²) in [6.07, 6.45) is 1.56. The summed E-state index contributed by atoms with van der Waals surface area (Å²) in [6.45, 7) is 8.42. The van der Waals surface area contributed by atoms with Crippen LogP contribution in [0.15, 0.2) is 29.2 Å². The van der Waals surface area contributed by atoms with Crippen molar-refractivity contribution >= 4 is 10.0 Å². The molecule has 1 saturated heterocycles. The lowest BCUT2D eigenvalue weighted by Crippen LogP contribution is -2.56. The Kier molecular flexibility index (Phi) is 5.00. The van der Waals surface area contributed by atoms with Gasteiger partial charge < -0.3 is 5.11 Å². The van der Waals surface area contributed by atoms with Crippen LogP contribution in [0.25, 0.3) is 0 Å². The van der Waals surface area contributed by atoms with Gasteiger partial charge in [0, 0.05) is 6.54 Å². The minimum absolute atomic E-state index is 0.221. The number of rotatable bonds is 4. The predicted octanol–water partition coefficient (Wildman–Crippen LogP) is 2.95. The Morgan fingerprint density at radius 2 is 1.86 bits per heavy atom. The number of hydrogen-bond donors (Lipinski definition) is 1. The van der Waals surface area contributed by atoms with Crippen molar-refractivity contribution in [2.24, 2.45) is 5.41 Å². The van der Waals surface area contributed by atoms with Crippen LogP contribution in [0.3, 0.4) is 0 Å². The van der Waals surface area contributed by atoms with Crippen molar-refractivity contribution in [2.75, 3.05) is 6.54 Å². The zero-order valence-electron chi connectivity index (χ0n) is 13.9. The predicted molar refractivity (Wildman–Crippen MR) is 88.2 cm³/mol. The lowest BCUT2D eigenvalue weighted by molar-refractivity contribution is -0.00723. The summed E-state index contributed by atoms with van der Waals surface area (Å²) in [5.41, 5.74) is 0.810. The summed E-state index contributed by atoms with van der Waals surface area (Å²) in [5, 5.41) is 10.5. The van der Waals surface area contributed by atoms with Crippen molar-refractivity contribution in [1.29, 1.82) is 0 Å². The molecular formula is C17H27NO3S. The third-order valence-electron chi connectivity index (χ3n) is 4.37. The van der Waals surface area contributed by atoms with Crippen molar-refractivity contribution in [2.45, 2.75) is 64.0 Å². The molecule has 1 fully saturated rings. The summed E-state index contributed by atoms with van der Waals surface area (Å²) < 4.78 is 27.6. The molecule has 0 aliphatic carbocycles. The topological polar surface area (TPSA) is 57.6 Å². The Morgan fingerprint density at radius 1 is 1.27 bits per heavy atom. The van der Waals surface area contributed by atoms with E-state index >= 15 is 0 Å². The maximum Gasteiger partial charge on any atom is 0.243 e. The summed E-state index contributed by atoms with van der Waals surface area (Å²) in [7, 11) is -3.58. The first-order valence-electron chi connectivity index (χ1n) is 7.94. The molecule has 4 nitrogen and oxygen atoms in total. The van der Waals surface area contributed by atoms with E-state index in [-0.39, 0.29) is 11.5 Å². The fourth-order valence-electron chi connectivity index (χ4n) is 3.24. The first-order chi connectivity index (χ1) is 10.2. The number of aryl methyl sites for hydroxylation is 1. The minimum Gasteiger partial charge on any atom is -0.391 e. The summed E-state index contributed by atoms with van der Waals surface area (Å²) in [5.74, 6) is 0. The second-order valence-electron chi connectivity index (χ2n) is 7.16. The van der Waals surface area contributed by atoms with E-state index in [9.17, 15) is 13.5 Å². The van der Waals surface area contributed by atoms with Gasteiger partial charge in [0.05, 0.1) is 17.0 Å². The molecule has 1 aliphatic rings. The normalized spacial score (nSPS) is 26.0. The van der Waals surface area contributed by atoms with Crippen LogP contribution in [0.2, 0.25) is 0 Å². The number of sulfonamides is 1. The molecule has 0 spiro atoms. The van der Waals surface area contributed by atoms with Gasteiger partial charge in [0.15, 0.2) is 0 Å². The molecule has 0 aromatic heterocycles. The molecule has 1 heterocycles. The standard InChI is InChI=1S/C17H27NO3S/c1-5-6-15-16(19)11-17(3,4)12-18(15)22(20,21)14-9-7-13(2)8-10-14/h7-10,15-16,19H,5-6,11-12H2,1-4H3/t15-,16-/m0/s1. The van der Waals surface area contributed by atoms with Crippen LogP contribution in [-0.4, -0.2) is 36.5 Å². The zero-order chi connectivity index (χ0) is 16.5. The summed E-state index contributed by atoms with van der Waals surface area (Å²) in [4.78, 5) is 0.309. The van der Waals surface area contributed by atoms with Crippen molar-refractivity contribution in [1.82, 2.24) is 4.31 Å². The average Bonchev–Trinajstić information content (AvgIpc) is 2.41. The largest absolute Gasteiger partial charge is 0.391 e. The van der Waals surface area contributed by atoms with Gasteiger partial charge in [0.1, 0.15) is 0 Å². The van der Waals surface area contributed by atoms with Gasteiger partial charge in [-0.25, -0.2) is 8.42 Å². The molecule has 0 saturated carbocycles. The quantitative estimate of drug-likeness (QED) is 0.926. The highest BCUT2D eigenvalue weighted by Crippen LogP contribution is 2.37. The van der Waals surface area contributed by atoms with Gasteiger partial charge in [0.2, 0.25) is 10.0 Å². The SMILES string of the molecule is CCC[C@H]1[C@@H](O)CC(C)(C)CN1S(=O)(=O)c1ccc(C)cc1. The lowest BCUT2D eigenvalue weighted by atomic mass is 9.80. The second-order valence-corrected chi connectivity index (χ2v) is 9.05. The molecule has 1 aromatic carbocycles. The third-order valence-corrected chi connectivity index (χ3v) is 6.26. The number of aliphatic hydroxyl groups excluding tert-OH is 1. The average molecular weight is 325 g/mol. The van der Waals surface area contributed by atoms with Crippen molar-refractivity contribution < 1.29 is 13.5 Å². The maximum atomic E-state index is 13.0. The van der Waals surface area contributed by atoms with Gasteiger partial charge in [-0.15, -0.1) is 0 Å². The van der Waals surface area contributed by atoms with Crippen LogP contribution in [0.5, 0.6) is 0 Å². The van der Waals surface area contributed by atoms with E-state index in [2.05, 4.69) is 0 Å². The van der Waals surface area contributed by atoms with Crippen molar-refractivity contribution in [3.8, 4) is 0 Å². The van der Waals surface area contributed by atoms with E-state index in [4.69, 9.17) is 0 Å². The van der Waals surface area contributed by atoms with Crippen molar-refractivity contribution in [3.05, 3.63) is 29.8 Å². The smallest absolute Gasteiger partial charge is 0.243 e. The highest BCUT2D eigenvalue weighted by atomic mass is 32.2. The fraction of sp³-hybridized carbons (Fsp3) is 0.647. The van der Waals surface area contributed by atoms with Gasteiger partial charge in [-0.1, -0.05) is 44.9 Å². The van der Waals surface area contributed by atoms with Gasteiger partial charge in [-0.05, 0) is 37.3 Å². The first kappa shape index (κ1) is 17.4. The molecule has 2 atom stereocenters. The highest BCUT2D eigenvalue weighted by Gasteiger charge is 2.44. The summed E-state index contributed by atoms with van der Waals surface area (Å²) in [6, 6.07) is 6.60. The summed E-state index contributed by atoms with van der Waals surface area (Å²) >= 11 is 0. The number of nitrogens with zero attached hydrogens (tertiary/aromatic N) is 1. The van der Waals surface area contributed by atoms with Crippen LogP contribution in [0, 0.1) is 12.3 Å². The van der Waals surface area contributed by atoms with Gasteiger partial charge in [0.25, 0.3) is 0 Å². The Morgan fingerprint density at radius 3 is 2.41 bits per heavy atom. The Hall–Kier alpha value is -0.910. The highest BCUT2D eigenvalue weighted by molar-refractivity contribution is 7.89. The Bertz CT molecular complexity index is 607. The van der Waals surface area contributed by atoms with Crippen LogP contribution >= 0.6 is 0 Å². The maximum absolute atomic E-state index is 13.0. The Balaban J connectivity index is 2.42. The van der Waals surface area contributed by atoms with E-state index in [1.165, 1.54) is 4.31 Å². The fourth-order valence-corrected chi connectivity index (χ4v) is 5.11. The molecule has 0 radical (unpaired) electrons. The molecule has 5 heteroatoms. The molecule has 1 N–H and O–H groups in total. The first-order valence-corrected chi connectivity index (χ1v) is 9.38. The third kappa shape index (κ3) is 3.53. The molecule has 1 aromatic rings. The molecule has 1 aliphatic heterocycles. The second kappa shape index (κ2) is 6.30. The van der Waals surface area contributed by atoms with Crippen molar-refractivity contribution in [3.63, 3.8) is 0 Å². The van der Waals surface area contributed by atoms with E-state index < -0.39 is 16.1 Å². The Labute approximate surface area is 134 Å². The monoisotopic (exact) mass is 325 g/mol. The molecule has 2 rings (SSSR count). The number of piperidine rings is 1. The van der Waals surface area contributed by atoms with E-state index in [0.717, 1.165) is 12.0 Å². The van der Waals surface area contributed by atoms with Crippen LogP contribution in [-0.2, 0) is 10.0 Å². The van der Waals surface area contributed by atoms with Gasteiger partial charge >= 0.3 is 0 Å². The van der Waals surface area contributed by atoms with Gasteiger partial charge in [-0.2, -0.15) is 4.31 Å². The lowest BCUT2D eigenvalue weighted by Gasteiger charge is -2.45. The minimum atomic E-state index is -3.58. The van der Waals surface area contributed by atoms with Gasteiger partial charge in [-0.3, -0.25) is 0 Å². The number of benzene rings is 1. The zero-order valence-corrected chi connectivity index (χ0v) is 14.7. The molecule has 0 bridgehead atoms. The molecule has 22 heavy (non-hydrogen) atoms. The number of hydrogen-bond acceptors (Lipinski definition) is 3. The van der Waals surface area contributed by atoms with E-state index in [0.29, 0.717) is 24.3 Å². The van der Waals surface area contributed by atoms with Crippen LogP contribution in [0.4, 0.5) is 0 Å². The van der Waals surface area contributed by atoms with E-state index in [1.807, 2.05) is 39.8 Å². The van der Waals surface area contributed by atoms with Crippen LogP contribution < -0.4 is 0 Å². The molecule has 0 amide bonds. The molecular weight excluding hydrogens is 298 g/mol. The van der Waals surface area contributed by atoms with Crippen LogP contribution in [0.1, 0.15) is 45.6 Å².